The number of benzene rings is 2. The number of aryl methyl sites for hydroxylation is 1. The molecule has 164 valence electrons. The van der Waals surface area contributed by atoms with E-state index in [9.17, 15) is 14.0 Å². The zero-order chi connectivity index (χ0) is 22.5. The second-order valence-corrected chi connectivity index (χ2v) is 8.68. The first-order valence-corrected chi connectivity index (χ1v) is 11.5. The number of aromatic nitrogens is 2. The molecule has 0 spiro atoms. The third-order valence-electron chi connectivity index (χ3n) is 5.37. The van der Waals surface area contributed by atoms with E-state index in [4.69, 9.17) is 0 Å². The number of hydrogen-bond acceptors (Lipinski definition) is 4. The number of carbonyl (C=O) groups excluding carboxylic acids is 1. The molecule has 7 heteroatoms. The van der Waals surface area contributed by atoms with Gasteiger partial charge < -0.3 is 5.32 Å². The lowest BCUT2D eigenvalue weighted by atomic mass is 10.0. The molecule has 1 N–H and O–H groups in total. The van der Waals surface area contributed by atoms with Crippen molar-refractivity contribution in [1.82, 2.24) is 14.9 Å². The fourth-order valence-electron chi connectivity index (χ4n) is 3.64. The van der Waals surface area contributed by atoms with Crippen molar-refractivity contribution in [2.45, 2.75) is 38.8 Å². The lowest BCUT2D eigenvalue weighted by Gasteiger charge is -2.19. The summed E-state index contributed by atoms with van der Waals surface area (Å²) in [6.07, 6.45) is 4.64. The Morgan fingerprint density at radius 3 is 2.72 bits per heavy atom. The van der Waals surface area contributed by atoms with Gasteiger partial charge in [-0.25, -0.2) is 9.37 Å². The summed E-state index contributed by atoms with van der Waals surface area (Å²) in [6, 6.07) is 15.8. The van der Waals surface area contributed by atoms with Gasteiger partial charge in [0.25, 0.3) is 5.56 Å². The highest BCUT2D eigenvalue weighted by molar-refractivity contribution is 7.10. The van der Waals surface area contributed by atoms with E-state index in [0.717, 1.165) is 35.8 Å². The van der Waals surface area contributed by atoms with Crippen LogP contribution in [0.2, 0.25) is 0 Å². The number of nitrogens with zero attached hydrogens (tertiary/aromatic N) is 2. The Hall–Kier alpha value is -3.32. The van der Waals surface area contributed by atoms with Crippen molar-refractivity contribution >= 4 is 28.1 Å². The van der Waals surface area contributed by atoms with Crippen LogP contribution < -0.4 is 10.9 Å². The van der Waals surface area contributed by atoms with Crippen LogP contribution in [0.4, 0.5) is 4.39 Å². The largest absolute Gasteiger partial charge is 0.343 e. The van der Waals surface area contributed by atoms with E-state index in [-0.39, 0.29) is 23.9 Å². The molecule has 4 aromatic rings. The zero-order valence-electron chi connectivity index (χ0n) is 17.8. The van der Waals surface area contributed by atoms with Crippen LogP contribution >= 0.6 is 11.3 Å². The Bertz CT molecular complexity index is 1270. The summed E-state index contributed by atoms with van der Waals surface area (Å²) in [7, 11) is 0. The summed E-state index contributed by atoms with van der Waals surface area (Å²) in [5, 5.41) is 5.16. The van der Waals surface area contributed by atoms with E-state index < -0.39 is 11.4 Å². The minimum atomic E-state index is -0.515. The summed E-state index contributed by atoms with van der Waals surface area (Å²) < 4.78 is 14.8. The lowest BCUT2D eigenvalue weighted by Crippen LogP contribution is -2.35. The molecule has 0 radical (unpaired) electrons. The van der Waals surface area contributed by atoms with Crippen LogP contribution in [0, 0.1) is 5.82 Å². The number of amides is 1. The molecule has 0 bridgehead atoms. The van der Waals surface area contributed by atoms with E-state index >= 15 is 0 Å². The second-order valence-electron chi connectivity index (χ2n) is 7.70. The fourth-order valence-corrected chi connectivity index (χ4v) is 4.44. The molecule has 0 aliphatic carbocycles. The Labute approximate surface area is 189 Å². The SMILES string of the molecule is CCCCc1ccc(C(NC(=O)Cn2cnc3ccc(F)cc3c2=O)c2cccs2)cc1. The smallest absolute Gasteiger partial charge is 0.261 e. The van der Waals surface area contributed by atoms with Crippen molar-refractivity contribution < 1.29 is 9.18 Å². The van der Waals surface area contributed by atoms with Gasteiger partial charge >= 0.3 is 0 Å². The number of hydrogen-bond donors (Lipinski definition) is 1. The second kappa shape index (κ2) is 9.87. The third-order valence-corrected chi connectivity index (χ3v) is 6.30. The fraction of sp³-hybridized carbons (Fsp3) is 0.240. The summed E-state index contributed by atoms with van der Waals surface area (Å²) in [5.41, 5.74) is 2.20. The van der Waals surface area contributed by atoms with Gasteiger partial charge in [-0.2, -0.15) is 0 Å². The number of rotatable bonds is 8. The molecule has 0 fully saturated rings. The van der Waals surface area contributed by atoms with Crippen molar-refractivity contribution in [3.8, 4) is 0 Å². The molecule has 1 amide bonds. The lowest BCUT2D eigenvalue weighted by molar-refractivity contribution is -0.122. The normalized spacial score (nSPS) is 12.1. The van der Waals surface area contributed by atoms with E-state index in [0.29, 0.717) is 5.52 Å². The highest BCUT2D eigenvalue weighted by Crippen LogP contribution is 2.26. The third kappa shape index (κ3) is 4.94. The van der Waals surface area contributed by atoms with Crippen molar-refractivity contribution in [2.24, 2.45) is 0 Å². The molecular weight excluding hydrogens is 425 g/mol. The molecule has 32 heavy (non-hydrogen) atoms. The summed E-state index contributed by atoms with van der Waals surface area (Å²) in [6.45, 7) is 1.97. The Morgan fingerprint density at radius 1 is 1.19 bits per heavy atom. The molecule has 1 atom stereocenters. The van der Waals surface area contributed by atoms with Gasteiger partial charge in [0.2, 0.25) is 5.91 Å². The van der Waals surface area contributed by atoms with Gasteiger partial charge in [-0.15, -0.1) is 11.3 Å². The topological polar surface area (TPSA) is 64.0 Å². The number of nitrogens with one attached hydrogen (secondary N) is 1. The average Bonchev–Trinajstić information content (AvgIpc) is 3.33. The minimum Gasteiger partial charge on any atom is -0.343 e. The maximum absolute atomic E-state index is 13.6. The average molecular weight is 450 g/mol. The predicted octanol–water partition coefficient (Wildman–Crippen LogP) is 4.85. The van der Waals surface area contributed by atoms with E-state index in [1.54, 1.807) is 11.3 Å². The van der Waals surface area contributed by atoms with Crippen molar-refractivity contribution in [3.63, 3.8) is 0 Å². The van der Waals surface area contributed by atoms with Gasteiger partial charge in [-0.3, -0.25) is 14.2 Å². The zero-order valence-corrected chi connectivity index (χ0v) is 18.6. The first-order chi connectivity index (χ1) is 15.5. The highest BCUT2D eigenvalue weighted by Gasteiger charge is 2.19. The van der Waals surface area contributed by atoms with Crippen LogP contribution in [0.5, 0.6) is 0 Å². The Kier molecular flexibility index (Phi) is 6.75. The van der Waals surface area contributed by atoms with Crippen LogP contribution in [-0.4, -0.2) is 15.5 Å². The number of thiophene rings is 1. The molecule has 0 aliphatic rings. The molecule has 0 saturated carbocycles. The number of halogens is 1. The van der Waals surface area contributed by atoms with Gasteiger partial charge in [0, 0.05) is 4.88 Å². The molecule has 1 unspecified atom stereocenters. The van der Waals surface area contributed by atoms with Crippen LogP contribution in [-0.2, 0) is 17.8 Å². The first kappa shape index (κ1) is 21.9. The highest BCUT2D eigenvalue weighted by atomic mass is 32.1. The molecule has 4 rings (SSSR count). The Balaban J connectivity index is 1.55. The molecule has 2 aromatic heterocycles. The number of fused-ring (bicyclic) bond motifs is 1. The summed E-state index contributed by atoms with van der Waals surface area (Å²) in [4.78, 5) is 30.8. The maximum atomic E-state index is 13.6. The van der Waals surface area contributed by atoms with E-state index in [2.05, 4.69) is 29.4 Å². The molecule has 2 heterocycles. The monoisotopic (exact) mass is 449 g/mol. The number of unbranched alkanes of at least 4 members (excludes halogenated alkanes) is 1. The van der Waals surface area contributed by atoms with Gasteiger partial charge in [0.15, 0.2) is 0 Å². The van der Waals surface area contributed by atoms with Gasteiger partial charge in [0.1, 0.15) is 12.4 Å². The predicted molar refractivity (Wildman–Crippen MR) is 125 cm³/mol. The Morgan fingerprint density at radius 2 is 2.00 bits per heavy atom. The van der Waals surface area contributed by atoms with Crippen LogP contribution in [0.1, 0.15) is 41.8 Å². The van der Waals surface area contributed by atoms with E-state index in [1.165, 1.54) is 28.6 Å². The van der Waals surface area contributed by atoms with Gasteiger partial charge in [-0.05, 0) is 53.6 Å². The van der Waals surface area contributed by atoms with Crippen LogP contribution in [0.3, 0.4) is 0 Å². The van der Waals surface area contributed by atoms with Crippen LogP contribution in [0.25, 0.3) is 10.9 Å². The van der Waals surface area contributed by atoms with Gasteiger partial charge in [-0.1, -0.05) is 43.7 Å². The van der Waals surface area contributed by atoms with Crippen molar-refractivity contribution in [3.05, 3.63) is 98.5 Å². The molecule has 2 aromatic carbocycles. The molecular formula is C25H24FN3O2S. The standard InChI is InChI=1S/C25H24FN3O2S/c1-2-3-5-17-7-9-18(10-8-17)24(22-6-4-13-32-22)28-23(30)15-29-16-27-21-12-11-19(26)14-20(21)25(29)31/h4,6-14,16,24H,2-3,5,15H2,1H3,(H,28,30). The minimum absolute atomic E-state index is 0.151. The molecule has 0 aliphatic heterocycles. The van der Waals surface area contributed by atoms with Crippen molar-refractivity contribution in [1.29, 1.82) is 0 Å². The van der Waals surface area contributed by atoms with E-state index in [1.807, 2.05) is 29.6 Å². The molecule has 0 saturated heterocycles. The molecule has 5 nitrogen and oxygen atoms in total. The maximum Gasteiger partial charge on any atom is 0.261 e. The number of carbonyl (C=O) groups is 1. The summed E-state index contributed by atoms with van der Waals surface area (Å²) in [5.74, 6) is -0.836. The quantitative estimate of drug-likeness (QED) is 0.418. The summed E-state index contributed by atoms with van der Waals surface area (Å²) >= 11 is 1.56. The van der Waals surface area contributed by atoms with Crippen LogP contribution in [0.15, 0.2) is 71.1 Å². The first-order valence-electron chi connectivity index (χ1n) is 10.6. The van der Waals surface area contributed by atoms with Gasteiger partial charge in [0.05, 0.1) is 23.3 Å². The van der Waals surface area contributed by atoms with Crippen molar-refractivity contribution in [2.75, 3.05) is 0 Å².